The maximum Gasteiger partial charge on any atom is 0.243 e. The second-order valence-corrected chi connectivity index (χ2v) is 10.3. The molecule has 0 saturated heterocycles. The number of Topliss-reactive ketones (excluding diaryl/α,β-unsaturated/α-hetero) is 1. The second kappa shape index (κ2) is 7.22. The average molecular weight is 410 g/mol. The van der Waals surface area contributed by atoms with Crippen LogP contribution in [0.25, 0.3) is 6.08 Å². The van der Waals surface area contributed by atoms with Crippen molar-refractivity contribution in [3.8, 4) is 0 Å². The fourth-order valence-electron chi connectivity index (χ4n) is 4.55. The first-order chi connectivity index (χ1) is 13.7. The molecule has 2 aromatic carbocycles. The number of benzene rings is 2. The summed E-state index contributed by atoms with van der Waals surface area (Å²) in [5.74, 6) is 0.315. The molecule has 4 rings (SSSR count). The molecule has 0 bridgehead atoms. The predicted octanol–water partition coefficient (Wildman–Crippen LogP) is 5.12. The lowest BCUT2D eigenvalue weighted by Gasteiger charge is -2.21. The minimum Gasteiger partial charge on any atom is -0.294 e. The van der Waals surface area contributed by atoms with E-state index < -0.39 is 10.0 Å². The number of carbonyl (C=O) groups is 1. The Morgan fingerprint density at radius 3 is 2.31 bits per heavy atom. The van der Waals surface area contributed by atoms with Gasteiger partial charge in [-0.05, 0) is 66.1 Å². The summed E-state index contributed by atoms with van der Waals surface area (Å²) in [5.41, 5.74) is 6.95. The minimum absolute atomic E-state index is 0.149. The van der Waals surface area contributed by atoms with E-state index in [-0.39, 0.29) is 11.7 Å². The summed E-state index contributed by atoms with van der Waals surface area (Å²) in [5, 5.41) is 0. The van der Waals surface area contributed by atoms with Gasteiger partial charge in [-0.2, -0.15) is 4.31 Å². The van der Waals surface area contributed by atoms with Crippen molar-refractivity contribution in [1.29, 1.82) is 0 Å². The van der Waals surface area contributed by atoms with Crippen molar-refractivity contribution in [2.75, 3.05) is 0 Å². The predicted molar refractivity (Wildman–Crippen MR) is 115 cm³/mol. The van der Waals surface area contributed by atoms with E-state index in [4.69, 9.17) is 0 Å². The third kappa shape index (κ3) is 3.26. The highest BCUT2D eigenvalue weighted by molar-refractivity contribution is 7.89. The quantitative estimate of drug-likeness (QED) is 0.707. The van der Waals surface area contributed by atoms with Gasteiger partial charge < -0.3 is 0 Å². The van der Waals surface area contributed by atoms with E-state index >= 15 is 0 Å². The fourth-order valence-corrected chi connectivity index (χ4v) is 5.93. The van der Waals surface area contributed by atoms with Gasteiger partial charge in [0.2, 0.25) is 10.0 Å². The smallest absolute Gasteiger partial charge is 0.243 e. The van der Waals surface area contributed by atoms with E-state index in [9.17, 15) is 13.2 Å². The number of fused-ring (bicyclic) bond motifs is 2. The Balaban J connectivity index is 1.86. The van der Waals surface area contributed by atoms with Crippen LogP contribution in [0.15, 0.2) is 35.2 Å². The summed E-state index contributed by atoms with van der Waals surface area (Å²) in [6, 6.07) is 7.00. The minimum atomic E-state index is -3.60. The van der Waals surface area contributed by atoms with E-state index in [1.54, 1.807) is 16.4 Å². The van der Waals surface area contributed by atoms with E-state index in [0.29, 0.717) is 24.4 Å². The van der Waals surface area contributed by atoms with Crippen LogP contribution in [0.4, 0.5) is 0 Å². The first-order valence-corrected chi connectivity index (χ1v) is 11.6. The summed E-state index contributed by atoms with van der Waals surface area (Å²) in [7, 11) is -3.60. The number of hydrogen-bond donors (Lipinski definition) is 0. The lowest BCUT2D eigenvalue weighted by Crippen LogP contribution is -2.25. The van der Waals surface area contributed by atoms with Crippen molar-refractivity contribution >= 4 is 21.9 Å². The molecule has 2 aromatic rings. The summed E-state index contributed by atoms with van der Waals surface area (Å²) in [6.45, 7) is 8.82. The molecule has 0 radical (unpaired) electrons. The third-order valence-corrected chi connectivity index (χ3v) is 7.90. The van der Waals surface area contributed by atoms with Gasteiger partial charge in [0.1, 0.15) is 0 Å². The van der Waals surface area contributed by atoms with Crippen molar-refractivity contribution in [2.45, 2.75) is 64.4 Å². The molecule has 1 aliphatic heterocycles. The van der Waals surface area contributed by atoms with Gasteiger partial charge in [0.15, 0.2) is 5.78 Å². The largest absolute Gasteiger partial charge is 0.294 e. The molecule has 0 amide bonds. The van der Waals surface area contributed by atoms with Crippen molar-refractivity contribution in [1.82, 2.24) is 4.31 Å². The Kier molecular flexibility index (Phi) is 4.99. The monoisotopic (exact) mass is 409 g/mol. The first-order valence-electron chi connectivity index (χ1n) is 10.2. The van der Waals surface area contributed by atoms with Gasteiger partial charge in [-0.3, -0.25) is 4.79 Å². The Labute approximate surface area is 173 Å². The van der Waals surface area contributed by atoms with Crippen LogP contribution in [0.5, 0.6) is 0 Å². The lowest BCUT2D eigenvalue weighted by molar-refractivity contribution is 0.0983. The second-order valence-electron chi connectivity index (χ2n) is 8.39. The maximum absolute atomic E-state index is 13.3. The highest BCUT2D eigenvalue weighted by atomic mass is 32.2. The topological polar surface area (TPSA) is 54.5 Å². The Morgan fingerprint density at radius 2 is 1.66 bits per heavy atom. The molecule has 29 heavy (non-hydrogen) atoms. The van der Waals surface area contributed by atoms with Crippen LogP contribution in [-0.2, 0) is 23.1 Å². The Bertz CT molecular complexity index is 1130. The molecule has 0 N–H and O–H groups in total. The zero-order valence-corrected chi connectivity index (χ0v) is 18.3. The molecule has 0 unspecified atom stereocenters. The highest BCUT2D eigenvalue weighted by Gasteiger charge is 2.36. The standard InChI is InChI=1S/C24H27NO3S/c1-15(2)23-21-14-25(29(27,28)18-11-9-16(3)10-12-18)13-20(21)17(4)19-7-5-6-8-22(26)24(19)23/h5,7,9-12,15H,6,8,13-14H2,1-4H3. The summed E-state index contributed by atoms with van der Waals surface area (Å²) >= 11 is 0. The molecule has 0 spiro atoms. The number of nitrogens with zero attached hydrogens (tertiary/aromatic N) is 1. The number of ketones is 1. The van der Waals surface area contributed by atoms with E-state index in [2.05, 4.69) is 26.0 Å². The molecule has 4 nitrogen and oxygen atoms in total. The van der Waals surface area contributed by atoms with Gasteiger partial charge in [0, 0.05) is 25.1 Å². The molecule has 152 valence electrons. The lowest BCUT2D eigenvalue weighted by atomic mass is 9.82. The van der Waals surface area contributed by atoms with Crippen molar-refractivity contribution < 1.29 is 13.2 Å². The number of aryl methyl sites for hydroxylation is 1. The van der Waals surface area contributed by atoms with Gasteiger partial charge >= 0.3 is 0 Å². The SMILES string of the molecule is Cc1ccc(S(=O)(=O)N2Cc3c(C)c4c(c(C(C)C)c3C2)C(=O)CCC=C4)cc1. The maximum atomic E-state index is 13.3. The molecule has 0 fully saturated rings. The highest BCUT2D eigenvalue weighted by Crippen LogP contribution is 2.41. The Morgan fingerprint density at radius 1 is 1.00 bits per heavy atom. The Hall–Kier alpha value is -2.24. The van der Waals surface area contributed by atoms with E-state index in [0.717, 1.165) is 45.4 Å². The molecule has 1 aliphatic carbocycles. The van der Waals surface area contributed by atoms with Crippen LogP contribution < -0.4 is 0 Å². The van der Waals surface area contributed by atoms with Crippen LogP contribution >= 0.6 is 0 Å². The van der Waals surface area contributed by atoms with Crippen molar-refractivity contribution in [3.63, 3.8) is 0 Å². The summed E-state index contributed by atoms with van der Waals surface area (Å²) in [6.07, 6.45) is 5.37. The van der Waals surface area contributed by atoms with Crippen LogP contribution in [-0.4, -0.2) is 18.5 Å². The molecule has 0 saturated carbocycles. The fraction of sp³-hybridized carbons (Fsp3) is 0.375. The van der Waals surface area contributed by atoms with Gasteiger partial charge in [-0.25, -0.2) is 8.42 Å². The van der Waals surface area contributed by atoms with Crippen molar-refractivity contribution in [2.24, 2.45) is 0 Å². The molecular formula is C24H27NO3S. The van der Waals surface area contributed by atoms with Gasteiger partial charge in [0.05, 0.1) is 4.90 Å². The number of hydrogen-bond acceptors (Lipinski definition) is 3. The zero-order valence-electron chi connectivity index (χ0n) is 17.5. The van der Waals surface area contributed by atoms with Crippen LogP contribution in [0, 0.1) is 13.8 Å². The zero-order chi connectivity index (χ0) is 20.9. The van der Waals surface area contributed by atoms with E-state index in [1.165, 1.54) is 0 Å². The van der Waals surface area contributed by atoms with E-state index in [1.807, 2.05) is 26.0 Å². The van der Waals surface area contributed by atoms with Crippen LogP contribution in [0.2, 0.25) is 0 Å². The summed E-state index contributed by atoms with van der Waals surface area (Å²) in [4.78, 5) is 13.3. The number of carbonyl (C=O) groups excluding carboxylic acids is 1. The molecule has 1 heterocycles. The average Bonchev–Trinajstić information content (AvgIpc) is 3.03. The van der Waals surface area contributed by atoms with Gasteiger partial charge in [0.25, 0.3) is 0 Å². The van der Waals surface area contributed by atoms with Crippen molar-refractivity contribution in [3.05, 3.63) is 69.3 Å². The molecule has 0 atom stereocenters. The number of sulfonamides is 1. The molecule has 5 heteroatoms. The molecule has 0 aromatic heterocycles. The van der Waals surface area contributed by atoms with Crippen LogP contribution in [0.3, 0.4) is 0 Å². The first kappa shape index (κ1) is 20.0. The van der Waals surface area contributed by atoms with Gasteiger partial charge in [-0.1, -0.05) is 43.7 Å². The third-order valence-electron chi connectivity index (χ3n) is 6.09. The number of allylic oxidation sites excluding steroid dienone is 1. The van der Waals surface area contributed by atoms with Crippen LogP contribution in [0.1, 0.15) is 76.3 Å². The van der Waals surface area contributed by atoms with Gasteiger partial charge in [-0.15, -0.1) is 0 Å². The normalized spacial score (nSPS) is 16.8. The molecular weight excluding hydrogens is 382 g/mol. The number of rotatable bonds is 3. The summed E-state index contributed by atoms with van der Waals surface area (Å²) < 4.78 is 28.1. The molecule has 2 aliphatic rings.